The van der Waals surface area contributed by atoms with Gasteiger partial charge in [0.1, 0.15) is 24.3 Å². The van der Waals surface area contributed by atoms with Gasteiger partial charge < -0.3 is 14.3 Å². The first-order valence-corrected chi connectivity index (χ1v) is 4.55. The van der Waals surface area contributed by atoms with Gasteiger partial charge in [0.15, 0.2) is 0 Å². The lowest BCUT2D eigenvalue weighted by Crippen LogP contribution is -2.56. The number of hydrogen-bond acceptors (Lipinski definition) is 2. The number of likely N-dealkylation sites (N-methyl/N-ethyl adjacent to an activating group) is 1. The van der Waals surface area contributed by atoms with Crippen molar-refractivity contribution in [2.24, 2.45) is 0 Å². The lowest BCUT2D eigenvalue weighted by Gasteiger charge is -2.41. The molecule has 0 saturated carbocycles. The molecule has 4 fully saturated rings. The Bertz CT molecular complexity index is 304. The van der Waals surface area contributed by atoms with Gasteiger partial charge in [-0.25, -0.2) is 0 Å². The smallest absolute Gasteiger partial charge is 0.141 e. The molecule has 68 valence electrons. The lowest BCUT2D eigenvalue weighted by atomic mass is 9.98. The standard InChI is InChI=1S/C9H16NO2/c1-10(2)6-3-5-4-7(10)9(12-5)8(6)11/h5-9,11H,3-4H2,1-2H3/q+1/t5-,6-,7+,8-,9-/m1/s1/i1D3/t5-,6-,7+,8-,9-,10?. The predicted octanol–water partition coefficient (Wildman–Crippen LogP) is -0.264. The summed E-state index contributed by atoms with van der Waals surface area (Å²) < 4.78 is 28.6. The van der Waals surface area contributed by atoms with Gasteiger partial charge in [0.25, 0.3) is 0 Å². The summed E-state index contributed by atoms with van der Waals surface area (Å²) in [7, 11) is 1.75. The third kappa shape index (κ3) is 0.605. The van der Waals surface area contributed by atoms with Crippen LogP contribution in [0.3, 0.4) is 0 Å². The molecule has 4 saturated heterocycles. The van der Waals surface area contributed by atoms with Crippen molar-refractivity contribution >= 4 is 0 Å². The molecule has 12 heavy (non-hydrogen) atoms. The topological polar surface area (TPSA) is 29.5 Å². The Hall–Kier alpha value is -0.120. The second-order valence-electron chi connectivity index (χ2n) is 4.47. The van der Waals surface area contributed by atoms with E-state index in [1.165, 1.54) is 0 Å². The van der Waals surface area contributed by atoms with Crippen LogP contribution in [0.1, 0.15) is 17.0 Å². The zero-order valence-corrected chi connectivity index (χ0v) is 7.10. The molecule has 4 rings (SSSR count). The number of quaternary nitrogens is 1. The highest BCUT2D eigenvalue weighted by atomic mass is 16.5. The van der Waals surface area contributed by atoms with E-state index in [9.17, 15) is 5.11 Å². The van der Waals surface area contributed by atoms with Gasteiger partial charge in [-0.05, 0) is 0 Å². The average molecular weight is 173 g/mol. The van der Waals surface area contributed by atoms with Gasteiger partial charge in [0.05, 0.1) is 24.2 Å². The third-order valence-electron chi connectivity index (χ3n) is 3.85. The molecule has 1 unspecified atom stereocenters. The molecule has 0 spiro atoms. The van der Waals surface area contributed by atoms with E-state index in [4.69, 9.17) is 8.85 Å². The minimum absolute atomic E-state index is 0.00463. The number of nitrogens with zero attached hydrogens (tertiary/aromatic N) is 1. The van der Waals surface area contributed by atoms with E-state index in [0.717, 1.165) is 6.42 Å². The Morgan fingerprint density at radius 2 is 2.25 bits per heavy atom. The monoisotopic (exact) mass is 173 g/mol. The van der Waals surface area contributed by atoms with Gasteiger partial charge in [-0.15, -0.1) is 0 Å². The highest BCUT2D eigenvalue weighted by Crippen LogP contribution is 2.48. The summed E-state index contributed by atoms with van der Waals surface area (Å²) in [6.45, 7) is -2.05. The van der Waals surface area contributed by atoms with Crippen LogP contribution in [0, 0.1) is 0 Å². The summed E-state index contributed by atoms with van der Waals surface area (Å²) in [5.74, 6) is 0. The molecule has 0 radical (unpaired) electrons. The van der Waals surface area contributed by atoms with Crippen LogP contribution < -0.4 is 0 Å². The Labute approximate surface area is 76.7 Å². The quantitative estimate of drug-likeness (QED) is 0.511. The highest BCUT2D eigenvalue weighted by molar-refractivity contribution is 5.04. The number of aliphatic hydroxyl groups excluding tert-OH is 1. The van der Waals surface area contributed by atoms with E-state index in [-0.39, 0.29) is 28.8 Å². The SMILES string of the molecule is [2H]C([2H])([2H])[N+]1(C)[C@@H]2C[C@@H]3C[C@H]1[C@@H](O3)[C@@H]2O. The molecule has 6 atom stereocenters. The molecular formula is C9H16NO2+. The Morgan fingerprint density at radius 3 is 2.92 bits per heavy atom. The van der Waals surface area contributed by atoms with Crippen LogP contribution in [0.5, 0.6) is 0 Å². The Balaban J connectivity index is 2.06. The molecule has 1 N–H and O–H groups in total. The normalized spacial score (nSPS) is 72.5. The van der Waals surface area contributed by atoms with Crippen molar-refractivity contribution in [3.05, 3.63) is 0 Å². The molecule has 0 aromatic rings. The number of piperidine rings is 1. The minimum Gasteiger partial charge on any atom is -0.384 e. The Morgan fingerprint density at radius 1 is 1.50 bits per heavy atom. The average Bonchev–Trinajstić information content (AvgIpc) is 2.52. The van der Waals surface area contributed by atoms with E-state index in [2.05, 4.69) is 0 Å². The maximum atomic E-state index is 10.0. The number of aliphatic hydroxyl groups is 1. The highest BCUT2D eigenvalue weighted by Gasteiger charge is 2.66. The maximum absolute atomic E-state index is 10.0. The van der Waals surface area contributed by atoms with Crippen molar-refractivity contribution in [3.8, 4) is 0 Å². The van der Waals surface area contributed by atoms with Gasteiger partial charge in [0, 0.05) is 12.8 Å². The summed E-state index contributed by atoms with van der Waals surface area (Å²) in [6, 6.07) is -0.212. The van der Waals surface area contributed by atoms with Crippen molar-refractivity contribution in [3.63, 3.8) is 0 Å². The van der Waals surface area contributed by atoms with Crippen LogP contribution >= 0.6 is 0 Å². The molecular weight excluding hydrogens is 154 g/mol. The van der Waals surface area contributed by atoms with E-state index in [1.54, 1.807) is 7.05 Å². The molecule has 3 nitrogen and oxygen atoms in total. The van der Waals surface area contributed by atoms with Gasteiger partial charge in [0.2, 0.25) is 0 Å². The number of hydrogen-bond donors (Lipinski definition) is 1. The fourth-order valence-corrected chi connectivity index (χ4v) is 3.17. The van der Waals surface area contributed by atoms with Crippen molar-refractivity contribution in [2.75, 3.05) is 14.0 Å². The predicted molar refractivity (Wildman–Crippen MR) is 43.6 cm³/mol. The van der Waals surface area contributed by atoms with Crippen LogP contribution in [0.15, 0.2) is 0 Å². The van der Waals surface area contributed by atoms with Crippen molar-refractivity contribution < 1.29 is 18.4 Å². The van der Waals surface area contributed by atoms with Crippen LogP contribution in [0.4, 0.5) is 0 Å². The van der Waals surface area contributed by atoms with Crippen molar-refractivity contribution in [1.82, 2.24) is 0 Å². The molecule has 4 aliphatic heterocycles. The summed E-state index contributed by atoms with van der Waals surface area (Å²) in [6.07, 6.45) is 0.802. The van der Waals surface area contributed by atoms with E-state index in [1.807, 2.05) is 0 Å². The fourth-order valence-electron chi connectivity index (χ4n) is 3.17. The molecule has 0 aromatic carbocycles. The van der Waals surface area contributed by atoms with Gasteiger partial charge in [-0.3, -0.25) is 0 Å². The summed E-state index contributed by atoms with van der Waals surface area (Å²) in [5.41, 5.74) is 0. The van der Waals surface area contributed by atoms with Gasteiger partial charge in [-0.1, -0.05) is 0 Å². The van der Waals surface area contributed by atoms with E-state index < -0.39 is 13.1 Å². The number of ether oxygens (including phenoxy) is 1. The lowest BCUT2D eigenvalue weighted by molar-refractivity contribution is -0.930. The second-order valence-corrected chi connectivity index (χ2v) is 4.47. The molecule has 4 heterocycles. The largest absolute Gasteiger partial charge is 0.384 e. The van der Waals surface area contributed by atoms with Crippen molar-refractivity contribution in [2.45, 2.75) is 43.2 Å². The van der Waals surface area contributed by atoms with Crippen LogP contribution in [-0.2, 0) is 4.74 Å². The minimum atomic E-state index is -2.05. The van der Waals surface area contributed by atoms with E-state index in [0.29, 0.717) is 6.42 Å². The first-order chi connectivity index (χ1) is 6.85. The summed E-state index contributed by atoms with van der Waals surface area (Å²) in [5, 5.41) is 10.0. The molecule has 0 aromatic heterocycles. The molecule has 0 aliphatic carbocycles. The first-order valence-electron chi connectivity index (χ1n) is 6.05. The second kappa shape index (κ2) is 1.86. The van der Waals surface area contributed by atoms with Crippen LogP contribution in [-0.4, -0.2) is 54.0 Å². The fraction of sp³-hybridized carbons (Fsp3) is 1.00. The molecule has 3 heteroatoms. The zero-order chi connectivity index (χ0) is 11.0. The third-order valence-corrected chi connectivity index (χ3v) is 3.85. The number of rotatable bonds is 0. The van der Waals surface area contributed by atoms with E-state index >= 15 is 0 Å². The summed E-state index contributed by atoms with van der Waals surface area (Å²) >= 11 is 0. The maximum Gasteiger partial charge on any atom is 0.141 e. The Kier molecular flexibility index (Phi) is 0.766. The van der Waals surface area contributed by atoms with Crippen LogP contribution in [0.2, 0.25) is 0 Å². The molecule has 0 amide bonds. The van der Waals surface area contributed by atoms with Crippen molar-refractivity contribution in [1.29, 1.82) is 0 Å². The molecule has 4 aliphatic rings. The summed E-state index contributed by atoms with van der Waals surface area (Å²) in [4.78, 5) is 0. The van der Waals surface area contributed by atoms with Crippen LogP contribution in [0.25, 0.3) is 0 Å². The van der Waals surface area contributed by atoms with Gasteiger partial charge >= 0.3 is 0 Å². The first kappa shape index (κ1) is 4.94. The molecule has 4 bridgehead atoms. The van der Waals surface area contributed by atoms with Gasteiger partial charge in [-0.2, -0.15) is 0 Å². The zero-order valence-electron chi connectivity index (χ0n) is 10.1.